The number of amides is 1. The van der Waals surface area contributed by atoms with E-state index in [1.807, 2.05) is 41.4 Å². The van der Waals surface area contributed by atoms with E-state index < -0.39 is 0 Å². The zero-order valence-electron chi connectivity index (χ0n) is 10.4. The summed E-state index contributed by atoms with van der Waals surface area (Å²) in [6, 6.07) is 14.0. The van der Waals surface area contributed by atoms with Crippen LogP contribution in [0.15, 0.2) is 54.9 Å². The van der Waals surface area contributed by atoms with Crippen molar-refractivity contribution >= 4 is 17.7 Å². The van der Waals surface area contributed by atoms with Crippen molar-refractivity contribution in [1.82, 2.24) is 9.88 Å². The Morgan fingerprint density at radius 1 is 1.21 bits per heavy atom. The minimum absolute atomic E-state index is 0.0846. The third kappa shape index (κ3) is 2.63. The summed E-state index contributed by atoms with van der Waals surface area (Å²) in [6.07, 6.45) is 3.60. The average molecular weight is 270 g/mol. The molecule has 1 aromatic heterocycles. The Morgan fingerprint density at radius 3 is 2.79 bits per heavy atom. The van der Waals surface area contributed by atoms with Crippen LogP contribution in [0.3, 0.4) is 0 Å². The molecule has 1 saturated heterocycles. The Bertz CT molecular complexity index is 559. The summed E-state index contributed by atoms with van der Waals surface area (Å²) < 4.78 is 0. The number of carbonyl (C=O) groups excluding carboxylic acids is 1. The van der Waals surface area contributed by atoms with E-state index in [1.165, 1.54) is 0 Å². The zero-order chi connectivity index (χ0) is 13.1. The number of carbonyl (C=O) groups is 1. The molecule has 0 radical (unpaired) electrons. The van der Waals surface area contributed by atoms with Gasteiger partial charge in [0.15, 0.2) is 0 Å². The van der Waals surface area contributed by atoms with Crippen molar-refractivity contribution in [1.29, 1.82) is 0 Å². The second-order valence-electron chi connectivity index (χ2n) is 4.46. The second-order valence-corrected chi connectivity index (χ2v) is 5.53. The first-order valence-electron chi connectivity index (χ1n) is 6.19. The Balaban J connectivity index is 1.83. The molecule has 4 heteroatoms. The smallest absolute Gasteiger partial charge is 0.234 e. The average Bonchev–Trinajstić information content (AvgIpc) is 2.82. The number of thioether (sulfide) groups is 1. The van der Waals surface area contributed by atoms with E-state index in [2.05, 4.69) is 17.1 Å². The first-order valence-corrected chi connectivity index (χ1v) is 7.24. The fourth-order valence-corrected chi connectivity index (χ4v) is 3.37. The number of aromatic nitrogens is 1. The molecule has 0 bridgehead atoms. The molecule has 1 aromatic carbocycles. The van der Waals surface area contributed by atoms with Crippen LogP contribution in [-0.4, -0.2) is 21.5 Å². The molecule has 3 rings (SSSR count). The van der Waals surface area contributed by atoms with Gasteiger partial charge in [-0.25, -0.2) is 0 Å². The predicted molar refractivity (Wildman–Crippen MR) is 76.4 cm³/mol. The molecule has 0 N–H and O–H groups in total. The fraction of sp³-hybridized carbons (Fsp3) is 0.200. The monoisotopic (exact) mass is 270 g/mol. The molecule has 3 nitrogen and oxygen atoms in total. The molecule has 0 spiro atoms. The molecular formula is C15H14N2OS. The maximum atomic E-state index is 12.0. The molecule has 0 aliphatic carbocycles. The van der Waals surface area contributed by atoms with Crippen LogP contribution in [0.4, 0.5) is 0 Å². The van der Waals surface area contributed by atoms with E-state index in [-0.39, 0.29) is 11.3 Å². The van der Waals surface area contributed by atoms with E-state index >= 15 is 0 Å². The largest absolute Gasteiger partial charge is 0.321 e. The molecule has 1 unspecified atom stereocenters. The van der Waals surface area contributed by atoms with Crippen molar-refractivity contribution in [2.75, 3.05) is 5.75 Å². The lowest BCUT2D eigenvalue weighted by molar-refractivity contribution is -0.128. The Kier molecular flexibility index (Phi) is 3.51. The van der Waals surface area contributed by atoms with E-state index in [9.17, 15) is 4.79 Å². The molecule has 1 aliphatic rings. The van der Waals surface area contributed by atoms with E-state index in [0.29, 0.717) is 12.3 Å². The van der Waals surface area contributed by atoms with Crippen LogP contribution in [-0.2, 0) is 11.3 Å². The van der Waals surface area contributed by atoms with Crippen LogP contribution >= 0.6 is 11.8 Å². The van der Waals surface area contributed by atoms with Crippen molar-refractivity contribution in [3.63, 3.8) is 0 Å². The second kappa shape index (κ2) is 5.45. The minimum Gasteiger partial charge on any atom is -0.321 e. The van der Waals surface area contributed by atoms with Gasteiger partial charge in [0.2, 0.25) is 5.91 Å². The standard InChI is InChI=1S/C15H14N2OS/c18-14-11-19-15(13-7-4-8-16-9-13)17(14)10-12-5-2-1-3-6-12/h1-9,15H,10-11H2. The highest BCUT2D eigenvalue weighted by molar-refractivity contribution is 8.00. The summed E-state index contributed by atoms with van der Waals surface area (Å²) in [5, 5.41) is 0.0846. The first kappa shape index (κ1) is 12.2. The maximum absolute atomic E-state index is 12.0. The molecule has 1 amide bonds. The summed E-state index contributed by atoms with van der Waals surface area (Å²) in [5.74, 6) is 0.745. The minimum atomic E-state index is 0.0846. The molecule has 19 heavy (non-hydrogen) atoms. The molecule has 96 valence electrons. The third-order valence-electron chi connectivity index (χ3n) is 3.13. The van der Waals surface area contributed by atoms with Crippen molar-refractivity contribution in [2.45, 2.75) is 11.9 Å². The molecule has 1 atom stereocenters. The van der Waals surface area contributed by atoms with Gasteiger partial charge in [-0.3, -0.25) is 9.78 Å². The van der Waals surface area contributed by atoms with Gasteiger partial charge < -0.3 is 4.90 Å². The summed E-state index contributed by atoms with van der Waals surface area (Å²) >= 11 is 1.67. The van der Waals surface area contributed by atoms with Crippen molar-refractivity contribution in [2.24, 2.45) is 0 Å². The van der Waals surface area contributed by atoms with E-state index in [4.69, 9.17) is 0 Å². The highest BCUT2D eigenvalue weighted by Gasteiger charge is 2.32. The molecular weight excluding hydrogens is 256 g/mol. The van der Waals surface area contributed by atoms with Gasteiger partial charge in [0, 0.05) is 24.5 Å². The highest BCUT2D eigenvalue weighted by atomic mass is 32.2. The number of hydrogen-bond acceptors (Lipinski definition) is 3. The normalized spacial score (nSPS) is 18.8. The van der Waals surface area contributed by atoms with Gasteiger partial charge in [-0.1, -0.05) is 36.4 Å². The van der Waals surface area contributed by atoms with Gasteiger partial charge in [0.05, 0.1) is 5.75 Å². The zero-order valence-corrected chi connectivity index (χ0v) is 11.2. The van der Waals surface area contributed by atoms with Gasteiger partial charge in [0.1, 0.15) is 5.37 Å². The number of benzene rings is 1. The van der Waals surface area contributed by atoms with Crippen molar-refractivity contribution < 1.29 is 4.79 Å². The molecule has 1 aliphatic heterocycles. The lowest BCUT2D eigenvalue weighted by Gasteiger charge is -2.24. The molecule has 2 heterocycles. The van der Waals surface area contributed by atoms with Crippen LogP contribution in [0.2, 0.25) is 0 Å². The quantitative estimate of drug-likeness (QED) is 0.860. The van der Waals surface area contributed by atoms with Crippen molar-refractivity contribution in [3.8, 4) is 0 Å². The van der Waals surface area contributed by atoms with Crippen LogP contribution in [0.5, 0.6) is 0 Å². The number of nitrogens with zero attached hydrogens (tertiary/aromatic N) is 2. The van der Waals surface area contributed by atoms with Gasteiger partial charge >= 0.3 is 0 Å². The first-order chi connectivity index (χ1) is 9.34. The fourth-order valence-electron chi connectivity index (χ4n) is 2.20. The van der Waals surface area contributed by atoms with E-state index in [1.54, 1.807) is 18.0 Å². The number of rotatable bonds is 3. The van der Waals surface area contributed by atoms with Crippen LogP contribution < -0.4 is 0 Å². The van der Waals surface area contributed by atoms with Gasteiger partial charge in [-0.15, -0.1) is 11.8 Å². The van der Waals surface area contributed by atoms with E-state index in [0.717, 1.165) is 11.1 Å². The van der Waals surface area contributed by atoms with Crippen LogP contribution in [0, 0.1) is 0 Å². The third-order valence-corrected chi connectivity index (χ3v) is 4.39. The van der Waals surface area contributed by atoms with Gasteiger partial charge in [-0.2, -0.15) is 0 Å². The summed E-state index contributed by atoms with van der Waals surface area (Å²) in [7, 11) is 0. The van der Waals surface area contributed by atoms with Crippen LogP contribution in [0.1, 0.15) is 16.5 Å². The maximum Gasteiger partial charge on any atom is 0.234 e. The Hall–Kier alpha value is -1.81. The Morgan fingerprint density at radius 2 is 2.05 bits per heavy atom. The molecule has 0 saturated carbocycles. The van der Waals surface area contributed by atoms with Gasteiger partial charge in [-0.05, 0) is 11.6 Å². The number of hydrogen-bond donors (Lipinski definition) is 0. The summed E-state index contributed by atoms with van der Waals surface area (Å²) in [6.45, 7) is 0.659. The van der Waals surface area contributed by atoms with Gasteiger partial charge in [0.25, 0.3) is 0 Å². The summed E-state index contributed by atoms with van der Waals surface area (Å²) in [5.41, 5.74) is 2.25. The predicted octanol–water partition coefficient (Wildman–Crippen LogP) is 2.86. The Labute approximate surface area is 116 Å². The lowest BCUT2D eigenvalue weighted by Crippen LogP contribution is -2.27. The lowest BCUT2D eigenvalue weighted by atomic mass is 10.2. The summed E-state index contributed by atoms with van der Waals surface area (Å²) in [4.78, 5) is 18.1. The topological polar surface area (TPSA) is 33.2 Å². The van der Waals surface area contributed by atoms with Crippen LogP contribution in [0.25, 0.3) is 0 Å². The van der Waals surface area contributed by atoms with Crippen molar-refractivity contribution in [3.05, 3.63) is 66.0 Å². The SMILES string of the molecule is O=C1CSC(c2cccnc2)N1Cc1ccccc1. The molecule has 2 aromatic rings. The number of pyridine rings is 1. The highest BCUT2D eigenvalue weighted by Crippen LogP contribution is 2.39. The molecule has 1 fully saturated rings.